The SMILES string of the molecule is COc1ccc(N)c(NC(=O)c2ccc(CN(C)C(=O)C(C)C)cc2)c1.Cl. The highest BCUT2D eigenvalue weighted by molar-refractivity contribution is 6.05. The third-order valence-electron chi connectivity index (χ3n) is 4.01. The molecule has 6 nitrogen and oxygen atoms in total. The molecule has 0 aliphatic heterocycles. The molecule has 0 bridgehead atoms. The molecule has 0 atom stereocenters. The van der Waals surface area contributed by atoms with Crippen molar-refractivity contribution in [1.29, 1.82) is 0 Å². The maximum atomic E-state index is 12.4. The smallest absolute Gasteiger partial charge is 0.255 e. The topological polar surface area (TPSA) is 84.7 Å². The van der Waals surface area contributed by atoms with Crippen molar-refractivity contribution in [1.82, 2.24) is 4.90 Å². The van der Waals surface area contributed by atoms with Crippen molar-refractivity contribution in [2.75, 3.05) is 25.2 Å². The van der Waals surface area contributed by atoms with Crippen LogP contribution in [0.25, 0.3) is 0 Å². The van der Waals surface area contributed by atoms with Gasteiger partial charge in [-0.1, -0.05) is 26.0 Å². The second-order valence-electron chi connectivity index (χ2n) is 6.45. The largest absolute Gasteiger partial charge is 0.497 e. The van der Waals surface area contributed by atoms with Crippen LogP contribution in [0.4, 0.5) is 11.4 Å². The first-order valence-electron chi connectivity index (χ1n) is 8.40. The number of nitrogen functional groups attached to an aromatic ring is 1. The number of amides is 2. The molecular formula is C20H26ClN3O3. The van der Waals surface area contributed by atoms with Crippen molar-refractivity contribution in [3.05, 3.63) is 53.6 Å². The Morgan fingerprint density at radius 2 is 1.78 bits per heavy atom. The van der Waals surface area contributed by atoms with E-state index in [1.54, 1.807) is 49.4 Å². The maximum Gasteiger partial charge on any atom is 0.255 e. The van der Waals surface area contributed by atoms with Gasteiger partial charge in [-0.2, -0.15) is 0 Å². The zero-order valence-corrected chi connectivity index (χ0v) is 16.8. The molecule has 2 amide bonds. The third kappa shape index (κ3) is 5.89. The van der Waals surface area contributed by atoms with Gasteiger partial charge in [0, 0.05) is 31.1 Å². The third-order valence-corrected chi connectivity index (χ3v) is 4.01. The normalized spacial score (nSPS) is 10.1. The van der Waals surface area contributed by atoms with E-state index in [4.69, 9.17) is 10.5 Å². The molecule has 2 rings (SSSR count). The predicted molar refractivity (Wildman–Crippen MR) is 110 cm³/mol. The minimum atomic E-state index is -0.261. The van der Waals surface area contributed by atoms with Crippen molar-refractivity contribution in [3.63, 3.8) is 0 Å². The van der Waals surface area contributed by atoms with Gasteiger partial charge < -0.3 is 20.7 Å². The van der Waals surface area contributed by atoms with E-state index in [1.165, 1.54) is 0 Å². The van der Waals surface area contributed by atoms with Crippen molar-refractivity contribution in [2.45, 2.75) is 20.4 Å². The van der Waals surface area contributed by atoms with Gasteiger partial charge in [0.25, 0.3) is 5.91 Å². The van der Waals surface area contributed by atoms with Crippen molar-refractivity contribution in [2.24, 2.45) is 5.92 Å². The Hall–Kier alpha value is -2.73. The van der Waals surface area contributed by atoms with Gasteiger partial charge in [-0.3, -0.25) is 9.59 Å². The molecule has 0 radical (unpaired) electrons. The molecule has 0 heterocycles. The van der Waals surface area contributed by atoms with Gasteiger partial charge in [-0.05, 0) is 29.8 Å². The van der Waals surface area contributed by atoms with Crippen LogP contribution in [-0.2, 0) is 11.3 Å². The zero-order valence-electron chi connectivity index (χ0n) is 16.0. The van der Waals surface area contributed by atoms with Crippen LogP contribution in [0.1, 0.15) is 29.8 Å². The molecule has 0 aromatic heterocycles. The Bertz CT molecular complexity index is 792. The van der Waals surface area contributed by atoms with Crippen LogP contribution < -0.4 is 15.8 Å². The molecule has 146 valence electrons. The fourth-order valence-electron chi connectivity index (χ4n) is 2.52. The number of ether oxygens (including phenoxy) is 1. The van der Waals surface area contributed by atoms with Gasteiger partial charge >= 0.3 is 0 Å². The molecule has 3 N–H and O–H groups in total. The number of carbonyl (C=O) groups is 2. The van der Waals surface area contributed by atoms with Crippen LogP contribution in [0, 0.1) is 5.92 Å². The van der Waals surface area contributed by atoms with E-state index in [1.807, 2.05) is 26.0 Å². The maximum absolute atomic E-state index is 12.4. The Morgan fingerprint density at radius 1 is 1.15 bits per heavy atom. The quantitative estimate of drug-likeness (QED) is 0.737. The van der Waals surface area contributed by atoms with E-state index in [0.29, 0.717) is 29.2 Å². The second kappa shape index (κ2) is 9.83. The lowest BCUT2D eigenvalue weighted by atomic mass is 10.1. The minimum Gasteiger partial charge on any atom is -0.497 e. The summed E-state index contributed by atoms with van der Waals surface area (Å²) in [6, 6.07) is 12.2. The number of hydrogen-bond acceptors (Lipinski definition) is 4. The van der Waals surface area contributed by atoms with Gasteiger partial charge in [0.2, 0.25) is 5.91 Å². The van der Waals surface area contributed by atoms with Gasteiger partial charge in [-0.15, -0.1) is 12.4 Å². The van der Waals surface area contributed by atoms with E-state index in [9.17, 15) is 9.59 Å². The summed E-state index contributed by atoms with van der Waals surface area (Å²) in [7, 11) is 3.32. The van der Waals surface area contributed by atoms with E-state index in [0.717, 1.165) is 5.56 Å². The highest BCUT2D eigenvalue weighted by Gasteiger charge is 2.14. The molecule has 0 fully saturated rings. The summed E-state index contributed by atoms with van der Waals surface area (Å²) < 4.78 is 5.15. The van der Waals surface area contributed by atoms with Gasteiger partial charge in [-0.25, -0.2) is 0 Å². The van der Waals surface area contributed by atoms with Crippen LogP contribution in [0.15, 0.2) is 42.5 Å². The number of benzene rings is 2. The molecule has 0 spiro atoms. The highest BCUT2D eigenvalue weighted by Crippen LogP contribution is 2.25. The lowest BCUT2D eigenvalue weighted by Gasteiger charge is -2.19. The summed E-state index contributed by atoms with van der Waals surface area (Å²) in [6.45, 7) is 4.24. The van der Waals surface area contributed by atoms with Gasteiger partial charge in [0.05, 0.1) is 18.5 Å². The second-order valence-corrected chi connectivity index (χ2v) is 6.45. The molecule has 0 aliphatic rings. The van der Waals surface area contributed by atoms with Crippen molar-refractivity contribution >= 4 is 35.6 Å². The lowest BCUT2D eigenvalue weighted by molar-refractivity contribution is -0.133. The van der Waals surface area contributed by atoms with Crippen LogP contribution in [0.2, 0.25) is 0 Å². The standard InChI is InChI=1S/C20H25N3O3.ClH/c1-13(2)20(25)23(3)12-14-5-7-15(8-6-14)19(24)22-18-11-16(26-4)9-10-17(18)21;/h5-11,13H,12,21H2,1-4H3,(H,22,24);1H. The fourth-order valence-corrected chi connectivity index (χ4v) is 2.52. The summed E-state index contributed by atoms with van der Waals surface area (Å²) >= 11 is 0. The lowest BCUT2D eigenvalue weighted by Crippen LogP contribution is -2.29. The molecule has 27 heavy (non-hydrogen) atoms. The van der Waals surface area contributed by atoms with E-state index >= 15 is 0 Å². The van der Waals surface area contributed by atoms with Gasteiger partial charge in [0.1, 0.15) is 5.75 Å². The summed E-state index contributed by atoms with van der Waals surface area (Å²) in [5.74, 6) is 0.393. The summed E-state index contributed by atoms with van der Waals surface area (Å²) in [6.07, 6.45) is 0. The van der Waals surface area contributed by atoms with E-state index in [2.05, 4.69) is 5.32 Å². The molecule has 7 heteroatoms. The average molecular weight is 392 g/mol. The predicted octanol–water partition coefficient (Wildman–Crippen LogP) is 3.57. The number of methoxy groups -OCH3 is 1. The van der Waals surface area contributed by atoms with E-state index in [-0.39, 0.29) is 30.1 Å². The summed E-state index contributed by atoms with van der Waals surface area (Å²) in [5.41, 5.74) is 8.32. The van der Waals surface area contributed by atoms with Crippen molar-refractivity contribution < 1.29 is 14.3 Å². The Kier molecular flexibility index (Phi) is 8.12. The number of nitrogens with one attached hydrogen (secondary N) is 1. The molecule has 0 aliphatic carbocycles. The number of rotatable bonds is 6. The molecule has 2 aromatic rings. The Balaban J connectivity index is 0.00000364. The number of nitrogens with two attached hydrogens (primary N) is 1. The Labute approximate surface area is 166 Å². The van der Waals surface area contributed by atoms with Gasteiger partial charge in [0.15, 0.2) is 0 Å². The number of hydrogen-bond donors (Lipinski definition) is 2. The summed E-state index contributed by atoms with van der Waals surface area (Å²) in [4.78, 5) is 26.1. The van der Waals surface area contributed by atoms with Crippen LogP contribution in [0.3, 0.4) is 0 Å². The monoisotopic (exact) mass is 391 g/mol. The first-order chi connectivity index (χ1) is 12.3. The minimum absolute atomic E-state index is 0. The Morgan fingerprint density at radius 3 is 2.33 bits per heavy atom. The molecule has 0 saturated heterocycles. The molecule has 0 saturated carbocycles. The van der Waals surface area contributed by atoms with Crippen LogP contribution >= 0.6 is 12.4 Å². The average Bonchev–Trinajstić information content (AvgIpc) is 2.63. The molecular weight excluding hydrogens is 366 g/mol. The first-order valence-corrected chi connectivity index (χ1v) is 8.40. The first kappa shape index (κ1) is 22.3. The van der Waals surface area contributed by atoms with Crippen molar-refractivity contribution in [3.8, 4) is 5.75 Å². The highest BCUT2D eigenvalue weighted by atomic mass is 35.5. The van der Waals surface area contributed by atoms with Crippen LogP contribution in [-0.4, -0.2) is 30.9 Å². The molecule has 2 aromatic carbocycles. The fraction of sp³-hybridized carbons (Fsp3) is 0.300. The number of anilines is 2. The number of halogens is 1. The molecule has 0 unspecified atom stereocenters. The zero-order chi connectivity index (χ0) is 19.3. The number of nitrogens with zero attached hydrogens (tertiary/aromatic N) is 1. The van der Waals surface area contributed by atoms with Crippen LogP contribution in [0.5, 0.6) is 5.75 Å². The number of carbonyl (C=O) groups excluding carboxylic acids is 2. The summed E-state index contributed by atoms with van der Waals surface area (Å²) in [5, 5.41) is 2.79. The van der Waals surface area contributed by atoms with E-state index < -0.39 is 0 Å².